The molecule has 0 aliphatic carbocycles. The molecule has 0 radical (unpaired) electrons. The first-order valence-electron chi connectivity index (χ1n) is 10.1. The van der Waals surface area contributed by atoms with Gasteiger partial charge in [-0.05, 0) is 32.3 Å². The first-order chi connectivity index (χ1) is 14.1. The van der Waals surface area contributed by atoms with Crippen molar-refractivity contribution < 1.29 is 9.21 Å². The van der Waals surface area contributed by atoms with Gasteiger partial charge in [0.05, 0.1) is 17.8 Å². The summed E-state index contributed by atoms with van der Waals surface area (Å²) in [6.45, 7) is 6.12. The summed E-state index contributed by atoms with van der Waals surface area (Å²) in [7, 11) is 0. The number of rotatable bonds is 6. The molecule has 1 aromatic carbocycles. The molecule has 4 rings (SSSR count). The number of carbonyl (C=O) groups excluding carboxylic acids is 1. The molecule has 1 aliphatic rings. The van der Waals surface area contributed by atoms with Gasteiger partial charge in [-0.25, -0.2) is 9.97 Å². The third-order valence-corrected chi connectivity index (χ3v) is 6.27. The number of likely N-dealkylation sites (tertiary alicyclic amines) is 1. The van der Waals surface area contributed by atoms with Crippen LogP contribution in [0.5, 0.6) is 0 Å². The number of thiazole rings is 1. The van der Waals surface area contributed by atoms with Crippen LogP contribution in [-0.2, 0) is 6.42 Å². The summed E-state index contributed by atoms with van der Waals surface area (Å²) in [6, 6.07) is 10.2. The number of piperidine rings is 1. The van der Waals surface area contributed by atoms with Crippen molar-refractivity contribution in [1.82, 2.24) is 14.9 Å². The largest absolute Gasteiger partial charge is 0.445 e. The molecule has 0 unspecified atom stereocenters. The number of amides is 1. The molecule has 29 heavy (non-hydrogen) atoms. The number of nitrogens with zero attached hydrogens (tertiary/aromatic N) is 3. The van der Waals surface area contributed by atoms with Gasteiger partial charge in [-0.2, -0.15) is 0 Å². The Morgan fingerprint density at radius 3 is 2.97 bits per heavy atom. The van der Waals surface area contributed by atoms with E-state index >= 15 is 0 Å². The van der Waals surface area contributed by atoms with E-state index in [1.807, 2.05) is 43.1 Å². The first-order valence-corrected chi connectivity index (χ1v) is 10.9. The fourth-order valence-corrected chi connectivity index (χ4v) is 4.72. The van der Waals surface area contributed by atoms with Crippen molar-refractivity contribution in [3.05, 3.63) is 64.3 Å². The van der Waals surface area contributed by atoms with Crippen molar-refractivity contribution in [1.29, 1.82) is 0 Å². The predicted octanol–water partition coefficient (Wildman–Crippen LogP) is 4.48. The Kier molecular flexibility index (Phi) is 5.94. The highest BCUT2D eigenvalue weighted by Crippen LogP contribution is 2.30. The maximum Gasteiger partial charge on any atom is 0.265 e. The minimum Gasteiger partial charge on any atom is -0.445 e. The zero-order valence-electron chi connectivity index (χ0n) is 16.9. The van der Waals surface area contributed by atoms with Crippen LogP contribution in [0.2, 0.25) is 0 Å². The number of nitrogens with one attached hydrogen (secondary N) is 1. The average molecular weight is 411 g/mol. The van der Waals surface area contributed by atoms with Crippen molar-refractivity contribution in [3.63, 3.8) is 0 Å². The van der Waals surface area contributed by atoms with Crippen LogP contribution in [0.1, 0.15) is 58.3 Å². The van der Waals surface area contributed by atoms with Gasteiger partial charge in [0.15, 0.2) is 11.0 Å². The molecule has 1 aliphatic heterocycles. The van der Waals surface area contributed by atoms with Crippen LogP contribution in [0, 0.1) is 6.92 Å². The van der Waals surface area contributed by atoms with Crippen molar-refractivity contribution in [2.24, 2.45) is 0 Å². The summed E-state index contributed by atoms with van der Waals surface area (Å²) >= 11 is 1.44. The average Bonchev–Trinajstić information content (AvgIpc) is 3.35. The number of oxazole rings is 1. The molecule has 2 aromatic heterocycles. The summed E-state index contributed by atoms with van der Waals surface area (Å²) < 4.78 is 6.05. The van der Waals surface area contributed by atoms with Crippen LogP contribution in [0.25, 0.3) is 0 Å². The molecule has 0 bridgehead atoms. The Bertz CT molecular complexity index is 966. The molecule has 6 nitrogen and oxygen atoms in total. The Hall–Kier alpha value is -2.67. The van der Waals surface area contributed by atoms with Gasteiger partial charge < -0.3 is 14.6 Å². The minimum atomic E-state index is 0.0601. The van der Waals surface area contributed by atoms with Crippen LogP contribution >= 0.6 is 11.3 Å². The normalized spacial score (nSPS) is 16.8. The van der Waals surface area contributed by atoms with E-state index in [1.54, 1.807) is 0 Å². The number of hydrogen-bond donors (Lipinski definition) is 1. The summed E-state index contributed by atoms with van der Waals surface area (Å²) in [5, 5.41) is 4.00. The predicted molar refractivity (Wildman–Crippen MR) is 115 cm³/mol. The molecule has 3 heterocycles. The van der Waals surface area contributed by atoms with Gasteiger partial charge >= 0.3 is 0 Å². The molecular formula is C22H26N4O2S. The molecule has 0 saturated carbocycles. The quantitative estimate of drug-likeness (QED) is 0.649. The highest BCUT2D eigenvalue weighted by Gasteiger charge is 2.30. The maximum atomic E-state index is 13.1. The Morgan fingerprint density at radius 1 is 1.34 bits per heavy atom. The second-order valence-electron chi connectivity index (χ2n) is 7.38. The summed E-state index contributed by atoms with van der Waals surface area (Å²) in [4.78, 5) is 24.7. The van der Waals surface area contributed by atoms with Gasteiger partial charge in [-0.1, -0.05) is 41.7 Å². The molecule has 0 spiro atoms. The number of hydrogen-bond acceptors (Lipinski definition) is 6. The molecule has 1 fully saturated rings. The standard InChI is InChI=1S/C22H26N4O2S/c1-3-23-22-25-15(2)19(29-22)21(27)26-11-7-10-17(14-26)20-24-13-18(28-20)12-16-8-5-4-6-9-16/h4-6,8-9,13,17H,3,7,10-12,14H2,1-2H3,(H,23,25)/t17-/m0/s1. The van der Waals surface area contributed by atoms with Crippen LogP contribution in [0.4, 0.5) is 5.13 Å². The topological polar surface area (TPSA) is 71.3 Å². The molecular weight excluding hydrogens is 384 g/mol. The lowest BCUT2D eigenvalue weighted by Gasteiger charge is -2.31. The van der Waals surface area contributed by atoms with Crippen molar-refractivity contribution in [3.8, 4) is 0 Å². The lowest BCUT2D eigenvalue weighted by atomic mass is 9.98. The highest BCUT2D eigenvalue weighted by molar-refractivity contribution is 7.17. The molecule has 1 N–H and O–H groups in total. The Morgan fingerprint density at radius 2 is 2.17 bits per heavy atom. The fraction of sp³-hybridized carbons (Fsp3) is 0.409. The third kappa shape index (κ3) is 4.50. The van der Waals surface area contributed by atoms with Gasteiger partial charge in [0.25, 0.3) is 5.91 Å². The minimum absolute atomic E-state index is 0.0601. The van der Waals surface area contributed by atoms with Crippen molar-refractivity contribution in [2.75, 3.05) is 25.0 Å². The van der Waals surface area contributed by atoms with E-state index < -0.39 is 0 Å². The van der Waals surface area contributed by atoms with Gasteiger partial charge in [0.2, 0.25) is 0 Å². The van der Waals surface area contributed by atoms with E-state index in [0.29, 0.717) is 6.54 Å². The van der Waals surface area contributed by atoms with Crippen LogP contribution in [0.15, 0.2) is 40.9 Å². The van der Waals surface area contributed by atoms with Gasteiger partial charge in [-0.3, -0.25) is 4.79 Å². The molecule has 152 valence electrons. The first kappa shape index (κ1) is 19.6. The highest BCUT2D eigenvalue weighted by atomic mass is 32.1. The van der Waals surface area contributed by atoms with E-state index in [9.17, 15) is 4.79 Å². The van der Waals surface area contributed by atoms with Gasteiger partial charge in [-0.15, -0.1) is 0 Å². The number of carbonyl (C=O) groups is 1. The summed E-state index contributed by atoms with van der Waals surface area (Å²) in [5.74, 6) is 1.80. The smallest absolute Gasteiger partial charge is 0.265 e. The van der Waals surface area contributed by atoms with Gasteiger partial charge in [0.1, 0.15) is 10.6 Å². The van der Waals surface area contributed by atoms with Crippen molar-refractivity contribution in [2.45, 2.75) is 39.0 Å². The molecule has 7 heteroatoms. The van der Waals surface area contributed by atoms with Gasteiger partial charge in [0, 0.05) is 26.1 Å². The van der Waals surface area contributed by atoms with Crippen LogP contribution in [0.3, 0.4) is 0 Å². The second kappa shape index (κ2) is 8.78. The van der Waals surface area contributed by atoms with E-state index in [2.05, 4.69) is 27.4 Å². The zero-order valence-corrected chi connectivity index (χ0v) is 17.7. The number of benzene rings is 1. The lowest BCUT2D eigenvalue weighted by Crippen LogP contribution is -2.39. The number of anilines is 1. The monoisotopic (exact) mass is 410 g/mol. The third-order valence-electron chi connectivity index (χ3n) is 5.17. The van der Waals surface area contributed by atoms with Crippen LogP contribution < -0.4 is 5.32 Å². The number of aromatic nitrogens is 2. The second-order valence-corrected chi connectivity index (χ2v) is 8.38. The fourth-order valence-electron chi connectivity index (χ4n) is 3.72. The van der Waals surface area contributed by atoms with E-state index in [4.69, 9.17) is 4.42 Å². The number of aryl methyl sites for hydroxylation is 1. The summed E-state index contributed by atoms with van der Waals surface area (Å²) in [6.07, 6.45) is 4.49. The molecule has 1 saturated heterocycles. The lowest BCUT2D eigenvalue weighted by molar-refractivity contribution is 0.0702. The van der Waals surface area contributed by atoms with Crippen LogP contribution in [-0.4, -0.2) is 40.4 Å². The SMILES string of the molecule is CCNc1nc(C)c(C(=O)N2CCC[C@H](c3ncc(Cc4ccccc4)o3)C2)s1. The summed E-state index contributed by atoms with van der Waals surface area (Å²) in [5.41, 5.74) is 1.99. The zero-order chi connectivity index (χ0) is 20.2. The Balaban J connectivity index is 1.44. The van der Waals surface area contributed by atoms with E-state index in [0.717, 1.165) is 59.7 Å². The van der Waals surface area contributed by atoms with E-state index in [-0.39, 0.29) is 11.8 Å². The molecule has 1 amide bonds. The maximum absolute atomic E-state index is 13.1. The molecule has 1 atom stereocenters. The van der Waals surface area contributed by atoms with Crippen molar-refractivity contribution >= 4 is 22.4 Å². The Labute approximate surface area is 175 Å². The van der Waals surface area contributed by atoms with E-state index in [1.165, 1.54) is 16.9 Å². The molecule has 3 aromatic rings.